The number of hydrogen-bond acceptors (Lipinski definition) is 3. The molecule has 142 valence electrons. The summed E-state index contributed by atoms with van der Waals surface area (Å²) in [6, 6.07) is 15.5. The predicted octanol–water partition coefficient (Wildman–Crippen LogP) is 3.49. The number of methoxy groups -OCH3 is 1. The van der Waals surface area contributed by atoms with Gasteiger partial charge in [-0.3, -0.25) is 9.59 Å². The zero-order chi connectivity index (χ0) is 19.2. The van der Waals surface area contributed by atoms with Gasteiger partial charge in [0.05, 0.1) is 13.2 Å². The van der Waals surface area contributed by atoms with Crippen LogP contribution in [0.3, 0.4) is 0 Å². The van der Waals surface area contributed by atoms with Crippen molar-refractivity contribution in [2.24, 2.45) is 0 Å². The maximum atomic E-state index is 12.7. The topological polar surface area (TPSA) is 58.6 Å². The molecule has 2 aromatic rings. The number of nitrogens with one attached hydrogen (secondary N) is 1. The van der Waals surface area contributed by atoms with E-state index >= 15 is 0 Å². The van der Waals surface area contributed by atoms with Gasteiger partial charge < -0.3 is 15.0 Å². The number of ether oxygens (including phenoxy) is 1. The maximum Gasteiger partial charge on any atom is 0.251 e. The third-order valence-corrected chi connectivity index (χ3v) is 5.09. The fraction of sp³-hybridized carbons (Fsp3) is 0.364. The van der Waals surface area contributed by atoms with E-state index in [1.54, 1.807) is 13.2 Å². The fourth-order valence-electron chi connectivity index (χ4n) is 3.59. The predicted molar refractivity (Wildman–Crippen MR) is 105 cm³/mol. The van der Waals surface area contributed by atoms with Gasteiger partial charge in [-0.05, 0) is 49.1 Å². The monoisotopic (exact) mass is 366 g/mol. The quantitative estimate of drug-likeness (QED) is 0.851. The number of aryl methyl sites for hydroxylation is 1. The zero-order valence-electron chi connectivity index (χ0n) is 15.9. The second-order valence-corrected chi connectivity index (χ2v) is 6.84. The van der Waals surface area contributed by atoms with Crippen molar-refractivity contribution in [3.05, 3.63) is 65.2 Å². The fourth-order valence-corrected chi connectivity index (χ4v) is 3.59. The molecular formula is C22H26N2O3. The van der Waals surface area contributed by atoms with Crippen LogP contribution in [0, 0.1) is 6.92 Å². The molecule has 0 spiro atoms. The van der Waals surface area contributed by atoms with Crippen LogP contribution >= 0.6 is 0 Å². The van der Waals surface area contributed by atoms with Crippen LogP contribution in [0.25, 0.3) is 0 Å². The van der Waals surface area contributed by atoms with Crippen LogP contribution in [0.15, 0.2) is 48.5 Å². The first kappa shape index (κ1) is 19.0. The number of likely N-dealkylation sites (tertiary alicyclic amines) is 1. The Morgan fingerprint density at radius 3 is 2.59 bits per heavy atom. The van der Waals surface area contributed by atoms with Gasteiger partial charge in [-0.25, -0.2) is 0 Å². The van der Waals surface area contributed by atoms with Crippen LogP contribution in [0.2, 0.25) is 0 Å². The molecule has 1 saturated heterocycles. The summed E-state index contributed by atoms with van der Waals surface area (Å²) in [4.78, 5) is 26.9. The van der Waals surface area contributed by atoms with Crippen LogP contribution in [-0.4, -0.2) is 36.9 Å². The van der Waals surface area contributed by atoms with Crippen LogP contribution in [-0.2, 0) is 4.79 Å². The molecule has 1 fully saturated rings. The molecule has 27 heavy (non-hydrogen) atoms. The molecule has 2 amide bonds. The lowest BCUT2D eigenvalue weighted by Gasteiger charge is -2.25. The Morgan fingerprint density at radius 1 is 1.15 bits per heavy atom. The molecule has 1 heterocycles. The standard InChI is InChI=1S/C22H26N2O3/c1-16-6-3-4-7-19(16)22(26)23-14-13-21(25)24-15-5-8-20(24)17-9-11-18(27-2)12-10-17/h3-4,6-7,9-12,20H,5,8,13-15H2,1-2H3,(H,23,26)/t20-/m0/s1. The molecule has 0 aliphatic carbocycles. The second kappa shape index (κ2) is 8.71. The Morgan fingerprint density at radius 2 is 1.89 bits per heavy atom. The zero-order valence-corrected chi connectivity index (χ0v) is 15.9. The van der Waals surface area contributed by atoms with Gasteiger partial charge in [0.25, 0.3) is 5.91 Å². The smallest absolute Gasteiger partial charge is 0.251 e. The largest absolute Gasteiger partial charge is 0.497 e. The van der Waals surface area contributed by atoms with Gasteiger partial charge in [0, 0.05) is 25.1 Å². The average molecular weight is 366 g/mol. The van der Waals surface area contributed by atoms with Gasteiger partial charge in [0.2, 0.25) is 5.91 Å². The van der Waals surface area contributed by atoms with E-state index in [4.69, 9.17) is 4.74 Å². The van der Waals surface area contributed by atoms with E-state index < -0.39 is 0 Å². The van der Waals surface area contributed by atoms with Crippen LogP contribution in [0.4, 0.5) is 0 Å². The lowest BCUT2D eigenvalue weighted by Crippen LogP contribution is -2.34. The van der Waals surface area contributed by atoms with Crippen LogP contribution in [0.5, 0.6) is 5.75 Å². The summed E-state index contributed by atoms with van der Waals surface area (Å²) in [5.41, 5.74) is 2.72. The Kier molecular flexibility index (Phi) is 6.12. The van der Waals surface area contributed by atoms with E-state index in [2.05, 4.69) is 5.32 Å². The summed E-state index contributed by atoms with van der Waals surface area (Å²) in [6.07, 6.45) is 2.27. The molecule has 1 N–H and O–H groups in total. The van der Waals surface area contributed by atoms with Crippen molar-refractivity contribution < 1.29 is 14.3 Å². The lowest BCUT2D eigenvalue weighted by molar-refractivity contribution is -0.132. The molecule has 2 aromatic carbocycles. The van der Waals surface area contributed by atoms with Crippen molar-refractivity contribution in [3.63, 3.8) is 0 Å². The van der Waals surface area contributed by atoms with Crippen LogP contribution in [0.1, 0.15) is 46.8 Å². The Hall–Kier alpha value is -2.82. The highest BCUT2D eigenvalue weighted by molar-refractivity contribution is 5.95. The number of nitrogens with zero attached hydrogens (tertiary/aromatic N) is 1. The normalized spacial score (nSPS) is 16.2. The number of hydrogen-bond donors (Lipinski definition) is 1. The summed E-state index contributed by atoms with van der Waals surface area (Å²) in [5, 5.41) is 2.86. The average Bonchev–Trinajstić information content (AvgIpc) is 3.18. The molecule has 0 radical (unpaired) electrons. The van der Waals surface area contributed by atoms with Crippen molar-refractivity contribution >= 4 is 11.8 Å². The van der Waals surface area contributed by atoms with E-state index in [-0.39, 0.29) is 17.9 Å². The molecule has 1 aliphatic rings. The van der Waals surface area contributed by atoms with Gasteiger partial charge in [-0.2, -0.15) is 0 Å². The SMILES string of the molecule is COc1ccc([C@@H]2CCCN2C(=O)CCNC(=O)c2ccccc2C)cc1. The molecule has 5 heteroatoms. The molecule has 0 unspecified atom stereocenters. The number of amides is 2. The summed E-state index contributed by atoms with van der Waals surface area (Å²) in [5.74, 6) is 0.765. The molecule has 0 saturated carbocycles. The highest BCUT2D eigenvalue weighted by Gasteiger charge is 2.29. The molecule has 0 aromatic heterocycles. The first-order valence-electron chi connectivity index (χ1n) is 9.37. The van der Waals surface area contributed by atoms with E-state index in [1.165, 1.54) is 0 Å². The molecule has 3 rings (SSSR count). The van der Waals surface area contributed by atoms with Crippen molar-refractivity contribution in [1.29, 1.82) is 0 Å². The van der Waals surface area contributed by atoms with Gasteiger partial charge in [0.1, 0.15) is 5.75 Å². The summed E-state index contributed by atoms with van der Waals surface area (Å²) in [6.45, 7) is 3.02. The Balaban J connectivity index is 1.55. The summed E-state index contributed by atoms with van der Waals surface area (Å²) < 4.78 is 5.21. The van der Waals surface area contributed by atoms with Crippen molar-refractivity contribution in [2.45, 2.75) is 32.2 Å². The number of benzene rings is 2. The van der Waals surface area contributed by atoms with Crippen molar-refractivity contribution in [1.82, 2.24) is 10.2 Å². The minimum Gasteiger partial charge on any atom is -0.497 e. The van der Waals surface area contributed by atoms with Crippen molar-refractivity contribution in [3.8, 4) is 5.75 Å². The van der Waals surface area contributed by atoms with E-state index in [1.807, 2.05) is 54.3 Å². The summed E-state index contributed by atoms with van der Waals surface area (Å²) in [7, 11) is 1.64. The molecule has 1 aliphatic heterocycles. The Labute approximate surface area is 160 Å². The number of carbonyl (C=O) groups excluding carboxylic acids is 2. The van der Waals surface area contributed by atoms with Gasteiger partial charge in [0.15, 0.2) is 0 Å². The molecular weight excluding hydrogens is 340 g/mol. The molecule has 1 atom stereocenters. The third kappa shape index (κ3) is 4.48. The highest BCUT2D eigenvalue weighted by atomic mass is 16.5. The number of carbonyl (C=O) groups is 2. The maximum absolute atomic E-state index is 12.7. The minimum atomic E-state index is -0.131. The lowest BCUT2D eigenvalue weighted by atomic mass is 10.0. The van der Waals surface area contributed by atoms with Gasteiger partial charge in [-0.1, -0.05) is 30.3 Å². The van der Waals surface area contributed by atoms with Gasteiger partial charge in [-0.15, -0.1) is 0 Å². The second-order valence-electron chi connectivity index (χ2n) is 6.84. The van der Waals surface area contributed by atoms with Crippen molar-refractivity contribution in [2.75, 3.05) is 20.2 Å². The van der Waals surface area contributed by atoms with E-state index in [9.17, 15) is 9.59 Å². The molecule has 5 nitrogen and oxygen atoms in total. The first-order chi connectivity index (χ1) is 13.1. The van der Waals surface area contributed by atoms with Crippen LogP contribution < -0.4 is 10.1 Å². The third-order valence-electron chi connectivity index (χ3n) is 5.09. The van der Waals surface area contributed by atoms with E-state index in [0.29, 0.717) is 18.5 Å². The molecule has 0 bridgehead atoms. The number of rotatable bonds is 6. The first-order valence-corrected chi connectivity index (χ1v) is 9.37. The van der Waals surface area contributed by atoms with E-state index in [0.717, 1.165) is 36.3 Å². The highest BCUT2D eigenvalue weighted by Crippen LogP contribution is 2.33. The Bertz CT molecular complexity index is 801. The summed E-state index contributed by atoms with van der Waals surface area (Å²) >= 11 is 0. The van der Waals surface area contributed by atoms with Gasteiger partial charge >= 0.3 is 0 Å². The minimum absolute atomic E-state index is 0.0819.